The van der Waals surface area contributed by atoms with E-state index in [0.29, 0.717) is 16.6 Å². The fourth-order valence-electron chi connectivity index (χ4n) is 1.99. The third-order valence-corrected chi connectivity index (χ3v) is 4.75. The van der Waals surface area contributed by atoms with Crippen LogP contribution in [0.2, 0.25) is 5.02 Å². The summed E-state index contributed by atoms with van der Waals surface area (Å²) in [4.78, 5) is 26.6. The first kappa shape index (κ1) is 18.4. The van der Waals surface area contributed by atoms with Crippen LogP contribution >= 0.6 is 23.4 Å². The van der Waals surface area contributed by atoms with Gasteiger partial charge in [-0.25, -0.2) is 0 Å². The molecule has 6 nitrogen and oxygen atoms in total. The molecule has 0 aliphatic carbocycles. The first-order chi connectivity index (χ1) is 11.4. The van der Waals surface area contributed by atoms with Crippen molar-refractivity contribution < 1.29 is 14.1 Å². The maximum absolute atomic E-state index is 12.4. The predicted octanol–water partition coefficient (Wildman–Crippen LogP) is 3.21. The summed E-state index contributed by atoms with van der Waals surface area (Å²) in [5.74, 6) is 0.428. The molecule has 0 fully saturated rings. The number of carbonyl (C=O) groups is 2. The number of aryl methyl sites for hydroxylation is 1. The van der Waals surface area contributed by atoms with Crippen molar-refractivity contribution in [3.05, 3.63) is 41.1 Å². The Morgan fingerprint density at radius 2 is 2.12 bits per heavy atom. The van der Waals surface area contributed by atoms with E-state index in [1.54, 1.807) is 33.0 Å². The van der Waals surface area contributed by atoms with Gasteiger partial charge in [-0.1, -0.05) is 28.9 Å². The lowest BCUT2D eigenvalue weighted by atomic mass is 10.4. The summed E-state index contributed by atoms with van der Waals surface area (Å²) in [5, 5.41) is 6.50. The van der Waals surface area contributed by atoms with Crippen LogP contribution in [-0.4, -0.2) is 40.7 Å². The fourth-order valence-corrected chi connectivity index (χ4v) is 3.26. The number of carbonyl (C=O) groups excluding carboxylic acids is 2. The molecule has 0 unspecified atom stereocenters. The summed E-state index contributed by atoms with van der Waals surface area (Å²) < 4.78 is 4.87. The zero-order valence-corrected chi connectivity index (χ0v) is 15.1. The van der Waals surface area contributed by atoms with Crippen LogP contribution in [0.15, 0.2) is 39.8 Å². The van der Waals surface area contributed by atoms with Gasteiger partial charge in [-0.15, -0.1) is 11.8 Å². The minimum atomic E-state index is -0.364. The monoisotopic (exact) mass is 367 g/mol. The number of anilines is 1. The van der Waals surface area contributed by atoms with E-state index in [4.69, 9.17) is 16.1 Å². The summed E-state index contributed by atoms with van der Waals surface area (Å²) >= 11 is 7.46. The van der Waals surface area contributed by atoms with Gasteiger partial charge in [-0.05, 0) is 26.0 Å². The van der Waals surface area contributed by atoms with Gasteiger partial charge in [0.05, 0.1) is 16.8 Å². The molecule has 8 heteroatoms. The minimum absolute atomic E-state index is 0.0713. The standard InChI is InChI=1S/C16H18ClN3O3S/c1-10-8-14(19-23-10)18-15(21)9-20(3)16(22)11(2)24-13-7-5-4-6-12(13)17/h4-8,11H,9H2,1-3H3,(H,18,19,21)/t11-/m0/s1. The van der Waals surface area contributed by atoms with Gasteiger partial charge in [0.1, 0.15) is 5.76 Å². The number of rotatable bonds is 6. The van der Waals surface area contributed by atoms with Gasteiger partial charge < -0.3 is 14.7 Å². The number of likely N-dealkylation sites (N-methyl/N-ethyl adjacent to an activating group) is 1. The van der Waals surface area contributed by atoms with Crippen LogP contribution in [0.1, 0.15) is 12.7 Å². The molecule has 1 aromatic carbocycles. The zero-order chi connectivity index (χ0) is 17.7. The molecule has 2 aromatic rings. The third-order valence-electron chi connectivity index (χ3n) is 3.14. The van der Waals surface area contributed by atoms with Crippen LogP contribution in [0.3, 0.4) is 0 Å². The average Bonchev–Trinajstić information content (AvgIpc) is 2.93. The van der Waals surface area contributed by atoms with Crippen molar-refractivity contribution in [2.45, 2.75) is 24.0 Å². The Morgan fingerprint density at radius 3 is 2.75 bits per heavy atom. The van der Waals surface area contributed by atoms with E-state index in [2.05, 4.69) is 10.5 Å². The van der Waals surface area contributed by atoms with Crippen LogP contribution < -0.4 is 5.32 Å². The highest BCUT2D eigenvalue weighted by molar-refractivity contribution is 8.00. The lowest BCUT2D eigenvalue weighted by Gasteiger charge is -2.20. The molecule has 0 aliphatic rings. The highest BCUT2D eigenvalue weighted by Gasteiger charge is 2.21. The normalized spacial score (nSPS) is 11.8. The van der Waals surface area contributed by atoms with Gasteiger partial charge in [0.25, 0.3) is 0 Å². The highest BCUT2D eigenvalue weighted by Crippen LogP contribution is 2.30. The van der Waals surface area contributed by atoms with E-state index in [-0.39, 0.29) is 23.6 Å². The molecule has 0 radical (unpaired) electrons. The van der Waals surface area contributed by atoms with Gasteiger partial charge >= 0.3 is 0 Å². The summed E-state index contributed by atoms with van der Waals surface area (Å²) in [5.41, 5.74) is 0. The summed E-state index contributed by atoms with van der Waals surface area (Å²) in [7, 11) is 1.58. The molecular formula is C16H18ClN3O3S. The molecule has 128 valence electrons. The summed E-state index contributed by atoms with van der Waals surface area (Å²) in [6, 6.07) is 8.94. The van der Waals surface area contributed by atoms with Crippen molar-refractivity contribution in [1.82, 2.24) is 10.1 Å². The Morgan fingerprint density at radius 1 is 1.42 bits per heavy atom. The number of nitrogens with one attached hydrogen (secondary N) is 1. The number of amides is 2. The number of aromatic nitrogens is 1. The predicted molar refractivity (Wildman–Crippen MR) is 94.3 cm³/mol. The van der Waals surface area contributed by atoms with E-state index in [9.17, 15) is 9.59 Å². The van der Waals surface area contributed by atoms with Crippen molar-refractivity contribution in [2.75, 3.05) is 18.9 Å². The first-order valence-corrected chi connectivity index (χ1v) is 8.52. The van der Waals surface area contributed by atoms with Crippen molar-refractivity contribution >= 4 is 41.0 Å². The summed E-state index contributed by atoms with van der Waals surface area (Å²) in [6.45, 7) is 3.44. The number of nitrogens with zero attached hydrogens (tertiary/aromatic N) is 2. The lowest BCUT2D eigenvalue weighted by molar-refractivity contribution is -0.132. The van der Waals surface area contributed by atoms with Gasteiger partial charge in [-0.2, -0.15) is 0 Å². The number of hydrogen-bond donors (Lipinski definition) is 1. The van der Waals surface area contributed by atoms with E-state index >= 15 is 0 Å². The molecule has 24 heavy (non-hydrogen) atoms. The van der Waals surface area contributed by atoms with Gasteiger partial charge in [0, 0.05) is 18.0 Å². The van der Waals surface area contributed by atoms with Crippen molar-refractivity contribution in [3.63, 3.8) is 0 Å². The molecule has 2 rings (SSSR count). The number of thioether (sulfide) groups is 1. The average molecular weight is 368 g/mol. The van der Waals surface area contributed by atoms with Gasteiger partial charge in [0.15, 0.2) is 5.82 Å². The second kappa shape index (κ2) is 8.21. The smallest absolute Gasteiger partial charge is 0.245 e. The van der Waals surface area contributed by atoms with Crippen LogP contribution in [0.4, 0.5) is 5.82 Å². The van der Waals surface area contributed by atoms with Crippen molar-refractivity contribution in [1.29, 1.82) is 0 Å². The van der Waals surface area contributed by atoms with E-state index in [1.165, 1.54) is 16.7 Å². The second-order valence-electron chi connectivity index (χ2n) is 5.26. The Hall–Kier alpha value is -1.99. The maximum Gasteiger partial charge on any atom is 0.245 e. The Labute approximate surface area is 149 Å². The zero-order valence-electron chi connectivity index (χ0n) is 13.6. The highest BCUT2D eigenvalue weighted by atomic mass is 35.5. The first-order valence-electron chi connectivity index (χ1n) is 7.26. The molecule has 2 amide bonds. The maximum atomic E-state index is 12.4. The van der Waals surface area contributed by atoms with Gasteiger partial charge in [0.2, 0.25) is 11.8 Å². The second-order valence-corrected chi connectivity index (χ2v) is 7.05. The van der Waals surface area contributed by atoms with Crippen molar-refractivity contribution in [2.24, 2.45) is 0 Å². The van der Waals surface area contributed by atoms with Crippen molar-refractivity contribution in [3.8, 4) is 0 Å². The van der Waals surface area contributed by atoms with E-state index in [0.717, 1.165) is 4.90 Å². The largest absolute Gasteiger partial charge is 0.360 e. The molecule has 0 saturated carbocycles. The molecule has 1 N–H and O–H groups in total. The number of halogens is 1. The fraction of sp³-hybridized carbons (Fsp3) is 0.312. The van der Waals surface area contributed by atoms with Crippen LogP contribution in [-0.2, 0) is 9.59 Å². The van der Waals surface area contributed by atoms with Crippen LogP contribution in [0.25, 0.3) is 0 Å². The molecule has 1 aromatic heterocycles. The lowest BCUT2D eigenvalue weighted by Crippen LogP contribution is -2.38. The molecule has 0 spiro atoms. The molecule has 1 atom stereocenters. The Kier molecular flexibility index (Phi) is 6.28. The molecular weight excluding hydrogens is 350 g/mol. The van der Waals surface area contributed by atoms with Crippen LogP contribution in [0, 0.1) is 6.92 Å². The van der Waals surface area contributed by atoms with Crippen LogP contribution in [0.5, 0.6) is 0 Å². The molecule has 0 aliphatic heterocycles. The van der Waals surface area contributed by atoms with E-state index in [1.807, 2.05) is 18.2 Å². The minimum Gasteiger partial charge on any atom is -0.360 e. The topological polar surface area (TPSA) is 75.4 Å². The Bertz CT molecular complexity index is 735. The molecule has 0 bridgehead atoms. The number of hydrogen-bond acceptors (Lipinski definition) is 5. The number of benzene rings is 1. The summed E-state index contributed by atoms with van der Waals surface area (Å²) in [6.07, 6.45) is 0. The van der Waals surface area contributed by atoms with E-state index < -0.39 is 0 Å². The third kappa shape index (κ3) is 5.01. The van der Waals surface area contributed by atoms with Gasteiger partial charge in [-0.3, -0.25) is 9.59 Å². The SMILES string of the molecule is Cc1cc(NC(=O)CN(C)C(=O)[C@H](C)Sc2ccccc2Cl)no1. The Balaban J connectivity index is 1.88. The quantitative estimate of drug-likeness (QED) is 0.793. The molecule has 0 saturated heterocycles. The molecule has 1 heterocycles.